The van der Waals surface area contributed by atoms with Crippen LogP contribution < -0.4 is 25.4 Å². The average Bonchev–Trinajstić information content (AvgIpc) is 3.06. The highest BCUT2D eigenvalue weighted by Crippen LogP contribution is 2.34. The number of aliphatic hydroxyl groups is 2. The lowest BCUT2D eigenvalue weighted by molar-refractivity contribution is -0.169. The van der Waals surface area contributed by atoms with Crippen molar-refractivity contribution in [3.63, 3.8) is 0 Å². The molecule has 1 aliphatic rings. The standard InChI is InChI=1S/C19H21N4O10P/c1-9(19(28)29)22-34(30)33-11-5-3-2-4-10(11)31-8-12-14(24)15(25)18(32-12)23-7-6-21-13(16(20)26)17(23)27/h2-7,9,12,14-15,18,24-25H,8H2,1H3,(H2,20,26)(H,28,29)/t9-,12+,14+,15+,18+/m0/s1. The van der Waals surface area contributed by atoms with Crippen molar-refractivity contribution >= 4 is 20.0 Å². The first-order chi connectivity index (χ1) is 16.1. The number of carboxylic acids is 1. The Hall–Kier alpha value is -3.42. The Bertz CT molecular complexity index is 1160. The summed E-state index contributed by atoms with van der Waals surface area (Å²) >= 11 is 0. The SMILES string of the molecule is C[C@H](N=[P+]([O-])Oc1ccccc1OC[C@H]1O[C@@H](n2ccnc(C(N)=O)c2=O)[C@H](O)[C@@H]1O)C(=O)O. The minimum Gasteiger partial charge on any atom is -0.575 e. The molecule has 0 aliphatic carbocycles. The van der Waals surface area contributed by atoms with Gasteiger partial charge in [-0.1, -0.05) is 16.9 Å². The van der Waals surface area contributed by atoms with Crippen molar-refractivity contribution in [2.75, 3.05) is 6.61 Å². The Morgan fingerprint density at radius 1 is 1.32 bits per heavy atom. The molecule has 1 saturated heterocycles. The maximum atomic E-state index is 12.4. The number of nitrogens with two attached hydrogens (primary N) is 1. The molecule has 1 aliphatic heterocycles. The third-order valence-electron chi connectivity index (χ3n) is 4.77. The van der Waals surface area contributed by atoms with E-state index in [1.807, 2.05) is 0 Å². The van der Waals surface area contributed by atoms with E-state index in [-0.39, 0.29) is 18.1 Å². The molecule has 182 valence electrons. The molecule has 5 N–H and O–H groups in total. The number of para-hydroxylation sites is 2. The first kappa shape index (κ1) is 25.2. The third kappa shape index (κ3) is 5.55. The molecule has 0 radical (unpaired) electrons. The molecule has 0 spiro atoms. The molecule has 0 bridgehead atoms. The van der Waals surface area contributed by atoms with E-state index in [4.69, 9.17) is 24.8 Å². The maximum Gasteiger partial charge on any atom is 0.395 e. The monoisotopic (exact) mass is 496 g/mol. The average molecular weight is 496 g/mol. The van der Waals surface area contributed by atoms with Crippen molar-refractivity contribution in [3.8, 4) is 11.5 Å². The van der Waals surface area contributed by atoms with E-state index in [9.17, 15) is 29.5 Å². The van der Waals surface area contributed by atoms with Crippen LogP contribution in [0.2, 0.25) is 0 Å². The number of aliphatic hydroxyl groups excluding tert-OH is 2. The van der Waals surface area contributed by atoms with Crippen LogP contribution in [0.1, 0.15) is 23.6 Å². The van der Waals surface area contributed by atoms with Crippen LogP contribution in [0.25, 0.3) is 0 Å². The first-order valence-electron chi connectivity index (χ1n) is 9.79. The van der Waals surface area contributed by atoms with E-state index in [2.05, 4.69) is 9.73 Å². The smallest absolute Gasteiger partial charge is 0.395 e. The Labute approximate surface area is 192 Å². The molecule has 2 aromatic rings. The fourth-order valence-corrected chi connectivity index (χ4v) is 3.75. The van der Waals surface area contributed by atoms with E-state index in [1.165, 1.54) is 25.3 Å². The summed E-state index contributed by atoms with van der Waals surface area (Å²) in [6.45, 7) is 0.916. The van der Waals surface area contributed by atoms with Crippen LogP contribution in [-0.2, 0) is 9.53 Å². The molecule has 0 saturated carbocycles. The molecule has 1 amide bonds. The van der Waals surface area contributed by atoms with Crippen molar-refractivity contribution in [2.24, 2.45) is 10.5 Å². The van der Waals surface area contributed by atoms with Gasteiger partial charge in [0.25, 0.3) is 11.5 Å². The molecule has 1 aromatic heterocycles. The predicted octanol–water partition coefficient (Wildman–Crippen LogP) is -1.25. The number of nitrogens with zero attached hydrogens (tertiary/aromatic N) is 3. The van der Waals surface area contributed by atoms with Crippen LogP contribution in [0.4, 0.5) is 0 Å². The van der Waals surface area contributed by atoms with Gasteiger partial charge in [-0.15, -0.1) is 0 Å². The summed E-state index contributed by atoms with van der Waals surface area (Å²) in [5.74, 6) is -2.26. The predicted molar refractivity (Wildman–Crippen MR) is 112 cm³/mol. The molecule has 3 rings (SSSR count). The molecule has 1 unspecified atom stereocenters. The lowest BCUT2D eigenvalue weighted by atomic mass is 10.1. The second-order valence-electron chi connectivity index (χ2n) is 7.12. The van der Waals surface area contributed by atoms with Crippen LogP contribution in [0, 0.1) is 0 Å². The number of carbonyl (C=O) groups is 2. The molecule has 6 atom stereocenters. The highest BCUT2D eigenvalue weighted by Gasteiger charge is 2.44. The number of benzene rings is 1. The number of hydrogen-bond acceptors (Lipinski definition) is 11. The van der Waals surface area contributed by atoms with Crippen molar-refractivity contribution < 1.29 is 43.8 Å². The molecule has 2 heterocycles. The lowest BCUT2D eigenvalue weighted by Crippen LogP contribution is -2.38. The van der Waals surface area contributed by atoms with Crippen LogP contribution in [0.3, 0.4) is 0 Å². The van der Waals surface area contributed by atoms with Gasteiger partial charge in [0.2, 0.25) is 5.75 Å². The van der Waals surface area contributed by atoms with E-state index < -0.39 is 61.9 Å². The zero-order valence-electron chi connectivity index (χ0n) is 17.6. The van der Waals surface area contributed by atoms with E-state index in [0.717, 1.165) is 10.8 Å². The van der Waals surface area contributed by atoms with Gasteiger partial charge >= 0.3 is 14.1 Å². The van der Waals surface area contributed by atoms with Gasteiger partial charge in [0, 0.05) is 12.4 Å². The van der Waals surface area contributed by atoms with Crippen molar-refractivity contribution in [1.29, 1.82) is 0 Å². The number of aliphatic carboxylic acids is 1. The number of hydrogen-bond donors (Lipinski definition) is 4. The highest BCUT2D eigenvalue weighted by molar-refractivity contribution is 7.34. The summed E-state index contributed by atoms with van der Waals surface area (Å²) in [7, 11) is -2.72. The summed E-state index contributed by atoms with van der Waals surface area (Å²) in [6.07, 6.45) is -3.20. The molecule has 14 nitrogen and oxygen atoms in total. The summed E-state index contributed by atoms with van der Waals surface area (Å²) in [5.41, 5.74) is 3.65. The highest BCUT2D eigenvalue weighted by atomic mass is 31.1. The number of rotatable bonds is 9. The first-order valence-corrected chi connectivity index (χ1v) is 10.9. The van der Waals surface area contributed by atoms with E-state index in [1.54, 1.807) is 12.1 Å². The van der Waals surface area contributed by atoms with Gasteiger partial charge in [0.05, 0.1) is 0 Å². The quantitative estimate of drug-likeness (QED) is 0.300. The van der Waals surface area contributed by atoms with E-state index in [0.29, 0.717) is 0 Å². The fraction of sp³-hybridized carbons (Fsp3) is 0.368. The molecule has 15 heteroatoms. The second-order valence-corrected chi connectivity index (χ2v) is 8.00. The van der Waals surface area contributed by atoms with Crippen LogP contribution in [0.5, 0.6) is 11.5 Å². The number of primary amides is 1. The van der Waals surface area contributed by atoms with Gasteiger partial charge < -0.3 is 35.4 Å². The van der Waals surface area contributed by atoms with Crippen LogP contribution in [-0.4, -0.2) is 67.7 Å². The largest absolute Gasteiger partial charge is 0.575 e. The second kappa shape index (κ2) is 10.7. The topological polar surface area (TPSA) is 219 Å². The van der Waals surface area contributed by atoms with Crippen LogP contribution in [0.15, 0.2) is 46.2 Å². The Morgan fingerprint density at radius 3 is 2.65 bits per heavy atom. The summed E-state index contributed by atoms with van der Waals surface area (Å²) in [4.78, 5) is 50.2. The maximum absolute atomic E-state index is 12.4. The van der Waals surface area contributed by atoms with Gasteiger partial charge in [0.15, 0.2) is 23.7 Å². The number of carboxylic acid groups (broad SMARTS) is 1. The molecule has 1 fully saturated rings. The minimum absolute atomic E-state index is 0.00834. The molecule has 1 aromatic carbocycles. The number of ether oxygens (including phenoxy) is 2. The molecular weight excluding hydrogens is 475 g/mol. The van der Waals surface area contributed by atoms with Gasteiger partial charge in [-0.3, -0.25) is 18.7 Å². The Morgan fingerprint density at radius 2 is 2.00 bits per heavy atom. The lowest BCUT2D eigenvalue weighted by Gasteiger charge is -2.17. The number of carbonyl (C=O) groups excluding carboxylic acids is 1. The van der Waals surface area contributed by atoms with Gasteiger partial charge in [-0.25, -0.2) is 9.78 Å². The van der Waals surface area contributed by atoms with Gasteiger partial charge in [-0.05, 0) is 19.1 Å². The fourth-order valence-electron chi connectivity index (χ4n) is 3.01. The molecular formula is C19H21N4O10P. The van der Waals surface area contributed by atoms with Crippen LogP contribution >= 0.6 is 8.17 Å². The van der Waals surface area contributed by atoms with E-state index >= 15 is 0 Å². The normalized spacial score (nSPS) is 23.4. The Kier molecular flexibility index (Phi) is 7.91. The summed E-state index contributed by atoms with van der Waals surface area (Å²) < 4.78 is 20.7. The summed E-state index contributed by atoms with van der Waals surface area (Å²) in [6, 6.07) is 4.76. The minimum atomic E-state index is -2.72. The zero-order chi connectivity index (χ0) is 25.0. The third-order valence-corrected chi connectivity index (χ3v) is 5.65. The van der Waals surface area contributed by atoms with Gasteiger partial charge in [0.1, 0.15) is 24.9 Å². The number of amides is 1. The zero-order valence-corrected chi connectivity index (χ0v) is 18.5. The van der Waals surface area contributed by atoms with Crippen molar-refractivity contribution in [1.82, 2.24) is 9.55 Å². The Balaban J connectivity index is 1.73. The number of aromatic nitrogens is 2. The van der Waals surface area contributed by atoms with Crippen molar-refractivity contribution in [3.05, 3.63) is 52.7 Å². The van der Waals surface area contributed by atoms with Gasteiger partial charge in [-0.2, -0.15) is 0 Å². The summed E-state index contributed by atoms with van der Waals surface area (Å²) in [5, 5.41) is 29.6. The molecule has 34 heavy (non-hydrogen) atoms. The van der Waals surface area contributed by atoms with Crippen molar-refractivity contribution in [2.45, 2.75) is 37.5 Å².